The molecule has 0 unspecified atom stereocenters. The van der Waals surface area contributed by atoms with E-state index in [2.05, 4.69) is 16.9 Å². The van der Waals surface area contributed by atoms with E-state index in [9.17, 15) is 4.39 Å². The van der Waals surface area contributed by atoms with Crippen LogP contribution in [0, 0.1) is 5.82 Å². The third-order valence-corrected chi connectivity index (χ3v) is 4.36. The van der Waals surface area contributed by atoms with Crippen molar-refractivity contribution in [3.63, 3.8) is 0 Å². The second-order valence-electron chi connectivity index (χ2n) is 4.09. The van der Waals surface area contributed by atoms with Crippen LogP contribution in [-0.4, -0.2) is 9.97 Å². The second kappa shape index (κ2) is 4.87. The van der Waals surface area contributed by atoms with Gasteiger partial charge in [-0.15, -0.1) is 11.3 Å². The third-order valence-electron chi connectivity index (χ3n) is 2.86. The maximum Gasteiger partial charge on any atom is 0.171 e. The van der Waals surface area contributed by atoms with Gasteiger partial charge in [0.2, 0.25) is 0 Å². The number of thiophene rings is 1. The molecule has 3 rings (SSSR count). The number of aryl methyl sites for hydroxylation is 1. The minimum absolute atomic E-state index is 0.157. The summed E-state index contributed by atoms with van der Waals surface area (Å²) in [7, 11) is 0. The molecular formula is C14H10ClFN2S. The van der Waals surface area contributed by atoms with E-state index in [1.165, 1.54) is 10.9 Å². The van der Waals surface area contributed by atoms with Crippen molar-refractivity contribution in [3.05, 3.63) is 46.2 Å². The Bertz CT molecular complexity index is 754. The van der Waals surface area contributed by atoms with Crippen molar-refractivity contribution in [2.24, 2.45) is 0 Å². The van der Waals surface area contributed by atoms with Crippen molar-refractivity contribution in [1.82, 2.24) is 9.97 Å². The molecule has 19 heavy (non-hydrogen) atoms. The van der Waals surface area contributed by atoms with Crippen LogP contribution in [-0.2, 0) is 6.42 Å². The Morgan fingerprint density at radius 3 is 2.79 bits per heavy atom. The number of hydrogen-bond acceptors (Lipinski definition) is 3. The SMILES string of the molecule is CCc1ccc(-c2nc(Cl)c3c(F)cccc3n2)s1. The highest BCUT2D eigenvalue weighted by molar-refractivity contribution is 7.15. The van der Waals surface area contributed by atoms with Crippen LogP contribution < -0.4 is 0 Å². The average Bonchev–Trinajstić information content (AvgIpc) is 2.87. The first-order valence-corrected chi connectivity index (χ1v) is 7.09. The molecule has 96 valence electrons. The first kappa shape index (κ1) is 12.5. The van der Waals surface area contributed by atoms with Crippen LogP contribution >= 0.6 is 22.9 Å². The van der Waals surface area contributed by atoms with E-state index in [1.807, 2.05) is 12.1 Å². The van der Waals surface area contributed by atoms with Gasteiger partial charge < -0.3 is 0 Å². The van der Waals surface area contributed by atoms with Gasteiger partial charge in [-0.05, 0) is 30.7 Å². The van der Waals surface area contributed by atoms with Crippen LogP contribution in [0.2, 0.25) is 5.15 Å². The summed E-state index contributed by atoms with van der Waals surface area (Å²) in [5.74, 6) is 0.155. The summed E-state index contributed by atoms with van der Waals surface area (Å²) in [6.07, 6.45) is 0.973. The molecule has 2 aromatic heterocycles. The van der Waals surface area contributed by atoms with Gasteiger partial charge in [-0.3, -0.25) is 0 Å². The lowest BCUT2D eigenvalue weighted by Crippen LogP contribution is -1.92. The molecule has 0 saturated carbocycles. The van der Waals surface area contributed by atoms with Crippen molar-refractivity contribution >= 4 is 33.8 Å². The van der Waals surface area contributed by atoms with Crippen LogP contribution in [0.3, 0.4) is 0 Å². The highest BCUT2D eigenvalue weighted by atomic mass is 35.5. The van der Waals surface area contributed by atoms with Crippen LogP contribution in [0.25, 0.3) is 21.6 Å². The Hall–Kier alpha value is -1.52. The van der Waals surface area contributed by atoms with Gasteiger partial charge in [-0.25, -0.2) is 14.4 Å². The number of fused-ring (bicyclic) bond motifs is 1. The van der Waals surface area contributed by atoms with Crippen LogP contribution in [0.5, 0.6) is 0 Å². The summed E-state index contributed by atoms with van der Waals surface area (Å²) in [5.41, 5.74) is 0.529. The molecule has 0 aliphatic carbocycles. The van der Waals surface area contributed by atoms with Crippen molar-refractivity contribution < 1.29 is 4.39 Å². The van der Waals surface area contributed by atoms with Gasteiger partial charge in [0, 0.05) is 4.88 Å². The zero-order valence-electron chi connectivity index (χ0n) is 10.2. The Kier molecular flexibility index (Phi) is 3.21. The molecular weight excluding hydrogens is 283 g/mol. The highest BCUT2D eigenvalue weighted by Gasteiger charge is 2.12. The lowest BCUT2D eigenvalue weighted by molar-refractivity contribution is 0.639. The van der Waals surface area contributed by atoms with E-state index in [1.54, 1.807) is 23.5 Å². The van der Waals surface area contributed by atoms with Crippen molar-refractivity contribution in [1.29, 1.82) is 0 Å². The normalized spacial score (nSPS) is 11.1. The number of benzene rings is 1. The molecule has 0 aliphatic heterocycles. The fraction of sp³-hybridized carbons (Fsp3) is 0.143. The van der Waals surface area contributed by atoms with Crippen LogP contribution in [0.1, 0.15) is 11.8 Å². The van der Waals surface area contributed by atoms with E-state index in [0.717, 1.165) is 11.3 Å². The monoisotopic (exact) mass is 292 g/mol. The van der Waals surface area contributed by atoms with Gasteiger partial charge in [0.05, 0.1) is 15.8 Å². The summed E-state index contributed by atoms with van der Waals surface area (Å²) in [4.78, 5) is 10.8. The molecule has 0 amide bonds. The van der Waals surface area contributed by atoms with Crippen LogP contribution in [0.4, 0.5) is 4.39 Å². The van der Waals surface area contributed by atoms with Crippen molar-refractivity contribution in [2.45, 2.75) is 13.3 Å². The number of nitrogens with zero attached hydrogens (tertiary/aromatic N) is 2. The number of rotatable bonds is 2. The Morgan fingerprint density at radius 2 is 2.05 bits per heavy atom. The van der Waals surface area contributed by atoms with Gasteiger partial charge in [-0.2, -0.15) is 0 Å². The molecule has 1 aromatic carbocycles. The van der Waals surface area contributed by atoms with Crippen molar-refractivity contribution in [2.75, 3.05) is 0 Å². The van der Waals surface area contributed by atoms with Gasteiger partial charge >= 0.3 is 0 Å². The smallest absolute Gasteiger partial charge is 0.171 e. The molecule has 0 radical (unpaired) electrons. The Morgan fingerprint density at radius 1 is 1.21 bits per heavy atom. The summed E-state index contributed by atoms with van der Waals surface area (Å²) in [6.45, 7) is 2.10. The summed E-state index contributed by atoms with van der Waals surface area (Å²) in [5, 5.41) is 0.435. The highest BCUT2D eigenvalue weighted by Crippen LogP contribution is 2.30. The number of hydrogen-bond donors (Lipinski definition) is 0. The quantitative estimate of drug-likeness (QED) is 0.639. The molecule has 2 heterocycles. The lowest BCUT2D eigenvalue weighted by atomic mass is 10.2. The summed E-state index contributed by atoms with van der Waals surface area (Å²) < 4.78 is 13.7. The zero-order valence-corrected chi connectivity index (χ0v) is 11.7. The molecule has 0 N–H and O–H groups in total. The number of halogens is 2. The van der Waals surface area contributed by atoms with E-state index in [0.29, 0.717) is 11.3 Å². The van der Waals surface area contributed by atoms with E-state index in [4.69, 9.17) is 11.6 Å². The maximum atomic E-state index is 13.7. The average molecular weight is 293 g/mol. The van der Waals surface area contributed by atoms with E-state index in [-0.39, 0.29) is 10.5 Å². The molecule has 0 atom stereocenters. The maximum absolute atomic E-state index is 13.7. The first-order valence-electron chi connectivity index (χ1n) is 5.90. The van der Waals surface area contributed by atoms with E-state index >= 15 is 0 Å². The van der Waals surface area contributed by atoms with Gasteiger partial charge in [0.15, 0.2) is 5.82 Å². The zero-order chi connectivity index (χ0) is 13.4. The fourth-order valence-electron chi connectivity index (χ4n) is 1.90. The van der Waals surface area contributed by atoms with Gasteiger partial charge in [0.25, 0.3) is 0 Å². The standard InChI is InChI=1S/C14H10ClFN2S/c1-2-8-6-7-11(19-8)14-17-10-5-3-4-9(16)12(10)13(15)18-14/h3-7H,2H2,1H3. The predicted octanol–water partition coefficient (Wildman–Crippen LogP) is 4.71. The molecule has 3 aromatic rings. The number of aromatic nitrogens is 2. The lowest BCUT2D eigenvalue weighted by Gasteiger charge is -2.03. The fourth-order valence-corrected chi connectivity index (χ4v) is 3.05. The van der Waals surface area contributed by atoms with E-state index < -0.39 is 5.82 Å². The molecule has 0 fully saturated rings. The van der Waals surface area contributed by atoms with Gasteiger partial charge in [0.1, 0.15) is 11.0 Å². The third kappa shape index (κ3) is 2.22. The molecule has 0 saturated heterocycles. The Labute approximate surface area is 118 Å². The molecule has 2 nitrogen and oxygen atoms in total. The predicted molar refractivity (Wildman–Crippen MR) is 77.2 cm³/mol. The largest absolute Gasteiger partial charge is 0.227 e. The minimum Gasteiger partial charge on any atom is -0.227 e. The van der Waals surface area contributed by atoms with Crippen LogP contribution in [0.15, 0.2) is 30.3 Å². The van der Waals surface area contributed by atoms with Gasteiger partial charge in [-0.1, -0.05) is 24.6 Å². The summed E-state index contributed by atoms with van der Waals surface area (Å²) >= 11 is 7.70. The molecule has 0 spiro atoms. The topological polar surface area (TPSA) is 25.8 Å². The first-order chi connectivity index (χ1) is 9.19. The molecule has 0 bridgehead atoms. The van der Waals surface area contributed by atoms with Crippen molar-refractivity contribution in [3.8, 4) is 10.7 Å². The minimum atomic E-state index is -0.394. The second-order valence-corrected chi connectivity index (χ2v) is 5.62. The summed E-state index contributed by atoms with van der Waals surface area (Å²) in [6, 6.07) is 8.74. The Balaban J connectivity index is 2.21. The molecule has 0 aliphatic rings. The molecule has 5 heteroatoms.